The van der Waals surface area contributed by atoms with Crippen LogP contribution in [-0.4, -0.2) is 23.7 Å². The molecular formula is C18H16F2O2S. The maximum absolute atomic E-state index is 14.2. The Morgan fingerprint density at radius 3 is 1.74 bits per heavy atom. The molecule has 2 aliphatic heterocycles. The fourth-order valence-electron chi connectivity index (χ4n) is 3.12. The van der Waals surface area contributed by atoms with Gasteiger partial charge in [-0.1, -0.05) is 24.3 Å². The van der Waals surface area contributed by atoms with Gasteiger partial charge in [-0.15, -0.1) is 0 Å². The van der Waals surface area contributed by atoms with E-state index in [2.05, 4.69) is 0 Å². The summed E-state index contributed by atoms with van der Waals surface area (Å²) in [5.74, 6) is 1.38. The average molecular weight is 334 g/mol. The largest absolute Gasteiger partial charge is 0.486 e. The Balaban J connectivity index is 1.82. The van der Waals surface area contributed by atoms with Crippen LogP contribution >= 0.6 is 11.8 Å². The molecule has 4 rings (SSSR count). The summed E-state index contributed by atoms with van der Waals surface area (Å²) in [5, 5.41) is 0. The molecule has 2 aromatic carbocycles. The summed E-state index contributed by atoms with van der Waals surface area (Å²) in [4.78, 5) is 0. The van der Waals surface area contributed by atoms with Gasteiger partial charge in [0.2, 0.25) is 0 Å². The highest BCUT2D eigenvalue weighted by Gasteiger charge is 2.28. The number of benzene rings is 2. The number of thioether (sulfide) groups is 1. The van der Waals surface area contributed by atoms with Crippen LogP contribution in [0, 0.1) is 11.6 Å². The zero-order valence-corrected chi connectivity index (χ0v) is 13.2. The summed E-state index contributed by atoms with van der Waals surface area (Å²) in [6.45, 7) is 0. The van der Waals surface area contributed by atoms with Crippen molar-refractivity contribution in [2.45, 2.75) is 25.0 Å². The number of rotatable bonds is 0. The quantitative estimate of drug-likeness (QED) is 0.725. The predicted octanol–water partition coefficient (Wildman–Crippen LogP) is 4.01. The first-order valence-corrected chi connectivity index (χ1v) is 8.82. The molecule has 2 bridgehead atoms. The smallest absolute Gasteiger partial charge is 0.165 e. The summed E-state index contributed by atoms with van der Waals surface area (Å²) in [5.41, 5.74) is 1.56. The van der Waals surface area contributed by atoms with Crippen molar-refractivity contribution < 1.29 is 18.3 Å². The number of para-hydroxylation sites is 2. The van der Waals surface area contributed by atoms with Crippen LogP contribution in [0.25, 0.3) is 0 Å². The number of fused-ring (bicyclic) bond motifs is 6. The van der Waals surface area contributed by atoms with Crippen molar-refractivity contribution in [3.63, 3.8) is 0 Å². The molecule has 2 nitrogen and oxygen atoms in total. The van der Waals surface area contributed by atoms with E-state index in [0.29, 0.717) is 24.3 Å². The van der Waals surface area contributed by atoms with Crippen LogP contribution in [0.2, 0.25) is 0 Å². The third-order valence-electron chi connectivity index (χ3n) is 4.17. The standard InChI is InChI=1S/C18H16F2O2S/c19-15-5-1-3-11-7-13-9-23-10-14(21-17(11)15)8-12-4-2-6-16(20)18(12)22-13/h1-6,13-14H,7-10H2. The van der Waals surface area contributed by atoms with Crippen molar-refractivity contribution in [2.24, 2.45) is 0 Å². The Labute approximate surface area is 137 Å². The predicted molar refractivity (Wildman–Crippen MR) is 86.4 cm³/mol. The van der Waals surface area contributed by atoms with E-state index in [0.717, 1.165) is 22.6 Å². The van der Waals surface area contributed by atoms with Crippen LogP contribution in [0.5, 0.6) is 11.5 Å². The molecule has 5 heteroatoms. The molecule has 2 aromatic rings. The Bertz CT molecular complexity index is 673. The van der Waals surface area contributed by atoms with E-state index in [1.165, 1.54) is 12.1 Å². The first-order chi connectivity index (χ1) is 11.2. The second kappa shape index (κ2) is 6.04. The molecule has 0 amide bonds. The monoisotopic (exact) mass is 334 g/mol. The van der Waals surface area contributed by atoms with Crippen molar-refractivity contribution in [2.75, 3.05) is 11.5 Å². The summed E-state index contributed by atoms with van der Waals surface area (Å²) in [6.07, 6.45) is 0.578. The van der Waals surface area contributed by atoms with Gasteiger partial charge in [0.15, 0.2) is 23.1 Å². The number of hydrogen-bond donors (Lipinski definition) is 0. The lowest BCUT2D eigenvalue weighted by Gasteiger charge is -2.24. The highest BCUT2D eigenvalue weighted by Crippen LogP contribution is 2.34. The Morgan fingerprint density at radius 1 is 0.783 bits per heavy atom. The van der Waals surface area contributed by atoms with Gasteiger partial charge in [0.1, 0.15) is 12.2 Å². The van der Waals surface area contributed by atoms with Crippen molar-refractivity contribution >= 4 is 11.8 Å². The van der Waals surface area contributed by atoms with Crippen LogP contribution in [0.1, 0.15) is 11.1 Å². The maximum Gasteiger partial charge on any atom is 0.165 e. The van der Waals surface area contributed by atoms with Gasteiger partial charge in [-0.05, 0) is 12.1 Å². The SMILES string of the molecule is Fc1cccc2c1OC1CSCC(C2)Oc2c(F)cccc2C1. The normalized spacial score (nSPS) is 23.0. The van der Waals surface area contributed by atoms with Gasteiger partial charge >= 0.3 is 0 Å². The fraction of sp³-hybridized carbons (Fsp3) is 0.333. The van der Waals surface area contributed by atoms with E-state index >= 15 is 0 Å². The fourth-order valence-corrected chi connectivity index (χ4v) is 4.15. The van der Waals surface area contributed by atoms with E-state index in [1.54, 1.807) is 23.9 Å². The topological polar surface area (TPSA) is 18.5 Å². The minimum atomic E-state index is -0.349. The molecule has 2 aliphatic rings. The highest BCUT2D eigenvalue weighted by atomic mass is 32.2. The van der Waals surface area contributed by atoms with E-state index in [-0.39, 0.29) is 23.8 Å². The summed E-state index contributed by atoms with van der Waals surface area (Å²) in [7, 11) is 0. The maximum atomic E-state index is 14.2. The van der Waals surface area contributed by atoms with Gasteiger partial charge in [-0.3, -0.25) is 0 Å². The third kappa shape index (κ3) is 2.90. The molecular weight excluding hydrogens is 318 g/mol. The van der Waals surface area contributed by atoms with Gasteiger partial charge in [0.25, 0.3) is 0 Å². The minimum absolute atomic E-state index is 0.211. The molecule has 120 valence electrons. The van der Waals surface area contributed by atoms with Gasteiger partial charge < -0.3 is 9.47 Å². The van der Waals surface area contributed by atoms with Crippen LogP contribution in [-0.2, 0) is 12.8 Å². The molecule has 0 spiro atoms. The molecule has 2 atom stereocenters. The molecule has 23 heavy (non-hydrogen) atoms. The first kappa shape index (κ1) is 14.8. The van der Waals surface area contributed by atoms with Crippen LogP contribution in [0.4, 0.5) is 8.78 Å². The van der Waals surface area contributed by atoms with Crippen LogP contribution in [0.3, 0.4) is 0 Å². The molecule has 2 heterocycles. The van der Waals surface area contributed by atoms with Crippen molar-refractivity contribution in [1.29, 1.82) is 0 Å². The third-order valence-corrected chi connectivity index (χ3v) is 5.38. The minimum Gasteiger partial charge on any atom is -0.486 e. The van der Waals surface area contributed by atoms with Gasteiger partial charge in [0, 0.05) is 35.5 Å². The lowest BCUT2D eigenvalue weighted by molar-refractivity contribution is 0.188. The van der Waals surface area contributed by atoms with Crippen molar-refractivity contribution in [3.05, 3.63) is 59.2 Å². The van der Waals surface area contributed by atoms with E-state index in [9.17, 15) is 8.78 Å². The zero-order chi connectivity index (χ0) is 15.8. The summed E-state index contributed by atoms with van der Waals surface area (Å²) >= 11 is 1.71. The van der Waals surface area contributed by atoms with E-state index in [1.807, 2.05) is 12.1 Å². The van der Waals surface area contributed by atoms with Gasteiger partial charge in [-0.25, -0.2) is 8.78 Å². The van der Waals surface area contributed by atoms with Crippen molar-refractivity contribution in [3.8, 4) is 11.5 Å². The van der Waals surface area contributed by atoms with E-state index < -0.39 is 0 Å². The lowest BCUT2D eigenvalue weighted by Crippen LogP contribution is -2.25. The molecule has 2 unspecified atom stereocenters. The summed E-state index contributed by atoms with van der Waals surface area (Å²) in [6, 6.07) is 9.88. The molecule has 0 saturated heterocycles. The van der Waals surface area contributed by atoms with Crippen LogP contribution < -0.4 is 9.47 Å². The average Bonchev–Trinajstić information content (AvgIpc) is 2.66. The van der Waals surface area contributed by atoms with Gasteiger partial charge in [0.05, 0.1) is 0 Å². The molecule has 0 aromatic heterocycles. The number of halogens is 2. The highest BCUT2D eigenvalue weighted by molar-refractivity contribution is 7.99. The second-order valence-corrected chi connectivity index (χ2v) is 6.96. The Kier molecular flexibility index (Phi) is 3.89. The zero-order valence-electron chi connectivity index (χ0n) is 12.4. The number of hydrogen-bond acceptors (Lipinski definition) is 3. The van der Waals surface area contributed by atoms with E-state index in [4.69, 9.17) is 9.47 Å². The first-order valence-electron chi connectivity index (χ1n) is 7.66. The summed E-state index contributed by atoms with van der Waals surface area (Å²) < 4.78 is 40.4. The molecule has 0 fully saturated rings. The van der Waals surface area contributed by atoms with Crippen LogP contribution in [0.15, 0.2) is 36.4 Å². The second-order valence-electron chi connectivity index (χ2n) is 5.88. The number of ether oxygens (including phenoxy) is 2. The molecule has 0 N–H and O–H groups in total. The molecule has 0 radical (unpaired) electrons. The van der Waals surface area contributed by atoms with Gasteiger partial charge in [-0.2, -0.15) is 11.8 Å². The Morgan fingerprint density at radius 2 is 1.26 bits per heavy atom. The molecule has 0 saturated carbocycles. The lowest BCUT2D eigenvalue weighted by atomic mass is 10.0. The van der Waals surface area contributed by atoms with Crippen molar-refractivity contribution in [1.82, 2.24) is 0 Å². The molecule has 0 aliphatic carbocycles. The Hall–Kier alpha value is -1.75.